The second kappa shape index (κ2) is 9.51. The molecule has 0 aliphatic carbocycles. The van der Waals surface area contributed by atoms with Gasteiger partial charge in [-0.15, -0.1) is 0 Å². The average Bonchev–Trinajstić information content (AvgIpc) is 2.75. The summed E-state index contributed by atoms with van der Waals surface area (Å²) in [5.41, 5.74) is 3.58. The van der Waals surface area contributed by atoms with E-state index in [9.17, 15) is 20.1 Å². The van der Waals surface area contributed by atoms with E-state index in [-0.39, 0.29) is 22.7 Å². The van der Waals surface area contributed by atoms with Gasteiger partial charge in [-0.25, -0.2) is 10.4 Å². The summed E-state index contributed by atoms with van der Waals surface area (Å²) in [4.78, 5) is 19.0. The molecule has 4 N–H and O–H groups in total. The van der Waals surface area contributed by atoms with Crippen molar-refractivity contribution in [1.82, 2.24) is 9.97 Å². The van der Waals surface area contributed by atoms with Crippen LogP contribution in [0.2, 0.25) is 0 Å². The van der Waals surface area contributed by atoms with E-state index in [1.165, 1.54) is 12.3 Å². The Kier molecular flexibility index (Phi) is 6.59. The molecule has 30 heavy (non-hydrogen) atoms. The summed E-state index contributed by atoms with van der Waals surface area (Å²) in [6, 6.07) is 15.6. The van der Waals surface area contributed by atoms with Gasteiger partial charge in [0.05, 0.1) is 18.5 Å². The fraction of sp³-hybridized carbons (Fsp3) is 0.100. The van der Waals surface area contributed by atoms with Gasteiger partial charge >= 0.3 is 7.12 Å². The zero-order valence-electron chi connectivity index (χ0n) is 16.0. The van der Waals surface area contributed by atoms with Crippen LogP contribution in [0, 0.1) is 11.3 Å². The first-order chi connectivity index (χ1) is 14.5. The average molecular weight is 403 g/mol. The molecule has 1 aromatic heterocycles. The van der Waals surface area contributed by atoms with E-state index in [1.54, 1.807) is 43.3 Å². The summed E-state index contributed by atoms with van der Waals surface area (Å²) < 4.78 is 5.36. The first-order valence-corrected chi connectivity index (χ1v) is 9.05. The van der Waals surface area contributed by atoms with E-state index in [1.807, 2.05) is 12.1 Å². The summed E-state index contributed by atoms with van der Waals surface area (Å²) >= 11 is 0. The van der Waals surface area contributed by atoms with Gasteiger partial charge < -0.3 is 14.8 Å². The number of rotatable bonds is 7. The van der Waals surface area contributed by atoms with Crippen molar-refractivity contribution in [2.75, 3.05) is 12.0 Å². The smallest absolute Gasteiger partial charge is 0.492 e. The Morgan fingerprint density at radius 2 is 2.07 bits per heavy atom. The molecular formula is C20H18BN5O4. The van der Waals surface area contributed by atoms with Crippen LogP contribution >= 0.6 is 0 Å². The lowest BCUT2D eigenvalue weighted by Gasteiger charge is -2.10. The minimum Gasteiger partial charge on any atom is -0.494 e. The molecule has 0 bridgehead atoms. The summed E-state index contributed by atoms with van der Waals surface area (Å²) in [6.45, 7) is 2.18. The Bertz CT molecular complexity index is 1160. The third kappa shape index (κ3) is 4.72. The van der Waals surface area contributed by atoms with Crippen molar-refractivity contribution in [3.8, 4) is 23.1 Å². The number of hydrazone groups is 1. The van der Waals surface area contributed by atoms with Crippen molar-refractivity contribution >= 4 is 24.7 Å². The van der Waals surface area contributed by atoms with Crippen molar-refractivity contribution in [2.24, 2.45) is 5.10 Å². The van der Waals surface area contributed by atoms with Crippen LogP contribution in [0.5, 0.6) is 5.75 Å². The molecule has 2 aromatic carbocycles. The Hall–Kier alpha value is -3.94. The Morgan fingerprint density at radius 1 is 1.30 bits per heavy atom. The minimum absolute atomic E-state index is 0.0578. The molecule has 10 heteroatoms. The van der Waals surface area contributed by atoms with E-state index >= 15 is 0 Å². The number of nitrogens with one attached hydrogen (secondary N) is 2. The van der Waals surface area contributed by atoms with Crippen LogP contribution in [0.25, 0.3) is 11.3 Å². The zero-order valence-corrected chi connectivity index (χ0v) is 16.0. The molecule has 0 unspecified atom stereocenters. The lowest BCUT2D eigenvalue weighted by molar-refractivity contribution is 0.340. The maximum atomic E-state index is 12.2. The van der Waals surface area contributed by atoms with Crippen molar-refractivity contribution < 1.29 is 14.8 Å². The molecule has 0 radical (unpaired) electrons. The summed E-state index contributed by atoms with van der Waals surface area (Å²) in [5, 5.41) is 32.4. The molecule has 0 saturated carbocycles. The first kappa shape index (κ1) is 20.8. The second-order valence-electron chi connectivity index (χ2n) is 6.09. The Morgan fingerprint density at radius 3 is 2.73 bits per heavy atom. The molecule has 0 saturated heterocycles. The molecule has 0 aliphatic rings. The molecule has 0 amide bonds. The third-order valence-corrected chi connectivity index (χ3v) is 4.07. The van der Waals surface area contributed by atoms with Gasteiger partial charge in [-0.1, -0.05) is 30.3 Å². The predicted octanol–water partition coefficient (Wildman–Crippen LogP) is 0.833. The van der Waals surface area contributed by atoms with Crippen molar-refractivity contribution in [3.05, 3.63) is 70.0 Å². The van der Waals surface area contributed by atoms with E-state index in [2.05, 4.69) is 20.5 Å². The standard InChI is InChI=1S/C20H18BN5O4/c1-2-30-17-9-8-13(10-16(17)21(28)29)12-23-26-20-24-18(14-6-4-3-5-7-14)15(11-22)19(27)25-20/h3-10,12,28-29H,2H2,1H3,(H2,24,25,26,27). The van der Waals surface area contributed by atoms with E-state index < -0.39 is 12.7 Å². The molecule has 0 atom stereocenters. The van der Waals surface area contributed by atoms with Crippen LogP contribution < -0.4 is 21.2 Å². The number of aromatic nitrogens is 2. The van der Waals surface area contributed by atoms with Crippen molar-refractivity contribution in [2.45, 2.75) is 6.92 Å². The van der Waals surface area contributed by atoms with E-state index in [0.717, 1.165) is 0 Å². The van der Waals surface area contributed by atoms with Crippen LogP contribution in [-0.4, -0.2) is 40.0 Å². The molecule has 9 nitrogen and oxygen atoms in total. The number of H-pyrrole nitrogens is 1. The topological polar surface area (TPSA) is 144 Å². The highest BCUT2D eigenvalue weighted by Crippen LogP contribution is 2.19. The van der Waals surface area contributed by atoms with Gasteiger partial charge in [0.25, 0.3) is 5.56 Å². The monoisotopic (exact) mass is 403 g/mol. The highest BCUT2D eigenvalue weighted by molar-refractivity contribution is 6.59. The summed E-state index contributed by atoms with van der Waals surface area (Å²) in [6.07, 6.45) is 1.42. The highest BCUT2D eigenvalue weighted by atomic mass is 16.5. The number of nitrogens with zero attached hydrogens (tertiary/aromatic N) is 3. The number of hydrogen-bond donors (Lipinski definition) is 4. The van der Waals surface area contributed by atoms with Crippen LogP contribution in [0.1, 0.15) is 18.1 Å². The number of nitriles is 1. The zero-order chi connectivity index (χ0) is 21.5. The van der Waals surface area contributed by atoms with Gasteiger partial charge in [0.1, 0.15) is 17.4 Å². The van der Waals surface area contributed by atoms with Gasteiger partial charge in [-0.05, 0) is 30.7 Å². The van der Waals surface area contributed by atoms with Gasteiger partial charge in [0.15, 0.2) is 0 Å². The molecule has 0 aliphatic heterocycles. The summed E-state index contributed by atoms with van der Waals surface area (Å²) in [7, 11) is -1.70. The second-order valence-corrected chi connectivity index (χ2v) is 6.09. The maximum Gasteiger partial charge on any atom is 0.492 e. The summed E-state index contributed by atoms with van der Waals surface area (Å²) in [5.74, 6) is 0.422. The quantitative estimate of drug-likeness (QED) is 0.260. The lowest BCUT2D eigenvalue weighted by Crippen LogP contribution is -2.31. The van der Waals surface area contributed by atoms with E-state index in [4.69, 9.17) is 4.74 Å². The van der Waals surface area contributed by atoms with Crippen LogP contribution in [-0.2, 0) is 0 Å². The molecule has 0 fully saturated rings. The SMILES string of the molecule is CCOc1ccc(C=NNc2nc(-c3ccccc3)c(C#N)c(=O)[nH]2)cc1B(O)O. The number of ether oxygens (including phenoxy) is 1. The fourth-order valence-corrected chi connectivity index (χ4v) is 2.74. The third-order valence-electron chi connectivity index (χ3n) is 4.07. The fourth-order valence-electron chi connectivity index (χ4n) is 2.74. The molecule has 3 rings (SSSR count). The van der Waals surface area contributed by atoms with Gasteiger partial charge in [0, 0.05) is 11.0 Å². The Balaban J connectivity index is 1.87. The van der Waals surface area contributed by atoms with Crippen LogP contribution in [0.15, 0.2) is 58.4 Å². The Labute approximate surface area is 172 Å². The number of anilines is 1. The van der Waals surface area contributed by atoms with Gasteiger partial charge in [-0.2, -0.15) is 10.4 Å². The predicted molar refractivity (Wildman–Crippen MR) is 114 cm³/mol. The molecule has 150 valence electrons. The first-order valence-electron chi connectivity index (χ1n) is 9.05. The van der Waals surface area contributed by atoms with Crippen molar-refractivity contribution in [3.63, 3.8) is 0 Å². The maximum absolute atomic E-state index is 12.2. The van der Waals surface area contributed by atoms with Gasteiger partial charge in [-0.3, -0.25) is 9.78 Å². The van der Waals surface area contributed by atoms with E-state index in [0.29, 0.717) is 23.5 Å². The van der Waals surface area contributed by atoms with Crippen LogP contribution in [0.3, 0.4) is 0 Å². The normalized spacial score (nSPS) is 10.6. The number of hydrogen-bond acceptors (Lipinski definition) is 8. The molecule has 3 aromatic rings. The molecular weight excluding hydrogens is 385 g/mol. The lowest BCUT2D eigenvalue weighted by atomic mass is 9.79. The molecule has 1 heterocycles. The molecule has 0 spiro atoms. The number of benzene rings is 2. The van der Waals surface area contributed by atoms with Crippen molar-refractivity contribution in [1.29, 1.82) is 5.26 Å². The van der Waals surface area contributed by atoms with Gasteiger partial charge in [0.2, 0.25) is 5.95 Å². The van der Waals surface area contributed by atoms with Crippen LogP contribution in [0.4, 0.5) is 5.95 Å². The largest absolute Gasteiger partial charge is 0.494 e. The highest BCUT2D eigenvalue weighted by Gasteiger charge is 2.17. The number of aromatic amines is 1. The minimum atomic E-state index is -1.70.